The summed E-state index contributed by atoms with van der Waals surface area (Å²) in [5.41, 5.74) is 3.73. The maximum atomic E-state index is 12.9. The summed E-state index contributed by atoms with van der Waals surface area (Å²) in [6.07, 6.45) is -2.99. The second kappa shape index (κ2) is 6.80. The molecule has 25 heavy (non-hydrogen) atoms. The van der Waals surface area contributed by atoms with Gasteiger partial charge in [-0.1, -0.05) is 0 Å². The van der Waals surface area contributed by atoms with Crippen molar-refractivity contribution in [3.05, 3.63) is 39.4 Å². The largest absolute Gasteiger partial charge is 0.416 e. The molecule has 1 saturated heterocycles. The molecule has 1 aliphatic heterocycles. The fourth-order valence-corrected chi connectivity index (χ4v) is 3.66. The number of carbonyl (C=O) groups excluding carboxylic acids is 1. The molecule has 10 heteroatoms. The zero-order chi connectivity index (χ0) is 17.6. The van der Waals surface area contributed by atoms with Gasteiger partial charge >= 0.3 is 6.18 Å². The summed E-state index contributed by atoms with van der Waals surface area (Å²) >= 11 is 0. The minimum absolute atomic E-state index is 0. The van der Waals surface area contributed by atoms with Crippen LogP contribution in [0.5, 0.6) is 0 Å². The van der Waals surface area contributed by atoms with E-state index in [1.54, 1.807) is 0 Å². The molecule has 1 aromatic carbocycles. The third-order valence-electron chi connectivity index (χ3n) is 4.90. The molecule has 3 atom stereocenters. The molecule has 138 valence electrons. The Hall–Kier alpha value is -1.87. The van der Waals surface area contributed by atoms with Crippen LogP contribution in [0.2, 0.25) is 0 Å². The van der Waals surface area contributed by atoms with Gasteiger partial charge < -0.3 is 10.6 Å². The highest BCUT2D eigenvalue weighted by Crippen LogP contribution is 2.38. The van der Waals surface area contributed by atoms with Gasteiger partial charge in [0.05, 0.1) is 10.5 Å². The normalized spacial score (nSPS) is 25.4. The van der Waals surface area contributed by atoms with Crippen LogP contribution in [-0.4, -0.2) is 34.9 Å². The minimum atomic E-state index is -4.76. The molecule has 3 rings (SSSR count). The first-order chi connectivity index (χ1) is 11.2. The van der Waals surface area contributed by atoms with Crippen LogP contribution in [0.4, 0.5) is 18.9 Å². The summed E-state index contributed by atoms with van der Waals surface area (Å²) in [6, 6.07) is 1.99. The van der Waals surface area contributed by atoms with E-state index in [-0.39, 0.29) is 35.8 Å². The predicted octanol–water partition coefficient (Wildman–Crippen LogP) is 2.84. The molecule has 2 aliphatic rings. The number of benzene rings is 1. The number of nitro groups is 1. The molecule has 0 radical (unpaired) electrons. The second-order valence-corrected chi connectivity index (χ2v) is 6.40. The zero-order valence-electron chi connectivity index (χ0n) is 13.0. The van der Waals surface area contributed by atoms with E-state index in [4.69, 9.17) is 5.73 Å². The maximum absolute atomic E-state index is 12.9. The van der Waals surface area contributed by atoms with Crippen molar-refractivity contribution in [1.29, 1.82) is 0 Å². The van der Waals surface area contributed by atoms with E-state index < -0.39 is 28.3 Å². The Morgan fingerprint density at radius 3 is 2.48 bits per heavy atom. The van der Waals surface area contributed by atoms with Crippen LogP contribution < -0.4 is 5.73 Å². The number of likely N-dealkylation sites (tertiary alicyclic amines) is 1. The molecule has 0 aromatic heterocycles. The highest BCUT2D eigenvalue weighted by atomic mass is 35.5. The summed E-state index contributed by atoms with van der Waals surface area (Å²) in [5, 5.41) is 10.9. The van der Waals surface area contributed by atoms with Crippen LogP contribution in [0.25, 0.3) is 0 Å². The maximum Gasteiger partial charge on any atom is 0.416 e. The van der Waals surface area contributed by atoms with E-state index in [9.17, 15) is 28.1 Å². The number of carbonyl (C=O) groups is 1. The summed E-state index contributed by atoms with van der Waals surface area (Å²) in [6.45, 7) is 0.815. The van der Waals surface area contributed by atoms with Crippen molar-refractivity contribution >= 4 is 24.0 Å². The molecular formula is C15H17ClF3N3O3. The van der Waals surface area contributed by atoms with Crippen molar-refractivity contribution in [3.8, 4) is 0 Å². The number of hydrogen-bond acceptors (Lipinski definition) is 4. The van der Waals surface area contributed by atoms with Gasteiger partial charge in [0.1, 0.15) is 0 Å². The Morgan fingerprint density at radius 2 is 1.92 bits per heavy atom. The molecule has 0 spiro atoms. The highest BCUT2D eigenvalue weighted by molar-refractivity contribution is 5.95. The molecule has 6 nitrogen and oxygen atoms in total. The van der Waals surface area contributed by atoms with Crippen LogP contribution in [0.1, 0.15) is 28.8 Å². The molecule has 0 bridgehead atoms. The average molecular weight is 380 g/mol. The average Bonchev–Trinajstić information content (AvgIpc) is 3.07. The lowest BCUT2D eigenvalue weighted by Crippen LogP contribution is -2.33. The summed E-state index contributed by atoms with van der Waals surface area (Å²) in [5.74, 6) is -0.217. The number of amides is 1. The number of non-ortho nitro benzene ring substituents is 1. The lowest BCUT2D eigenvalue weighted by molar-refractivity contribution is -0.385. The van der Waals surface area contributed by atoms with Gasteiger partial charge in [-0.15, -0.1) is 12.4 Å². The Bertz CT molecular complexity index is 698. The number of hydrogen-bond donors (Lipinski definition) is 1. The molecule has 1 heterocycles. The van der Waals surface area contributed by atoms with E-state index in [1.807, 2.05) is 0 Å². The number of halogens is 4. The summed E-state index contributed by atoms with van der Waals surface area (Å²) in [7, 11) is 0. The number of nitrogens with two attached hydrogens (primary N) is 1. The monoisotopic (exact) mass is 379 g/mol. The summed E-state index contributed by atoms with van der Waals surface area (Å²) < 4.78 is 38.8. The standard InChI is InChI=1S/C15H16F3N3O3.ClH/c16-15(17,18)10-3-9(4-11(5-10)21(23)24)14(22)20-6-8-1-2-13(19)12(8)7-20;/h3-5,8,12-13H,1-2,6-7,19H2;1H. The fourth-order valence-electron chi connectivity index (χ4n) is 3.66. The van der Waals surface area contributed by atoms with Crippen LogP contribution in [0.15, 0.2) is 18.2 Å². The third kappa shape index (κ3) is 3.72. The first-order valence-corrected chi connectivity index (χ1v) is 7.58. The van der Waals surface area contributed by atoms with E-state index >= 15 is 0 Å². The number of nitro benzene ring substituents is 1. The predicted molar refractivity (Wildman–Crippen MR) is 85.4 cm³/mol. The fraction of sp³-hybridized carbons (Fsp3) is 0.533. The first kappa shape index (κ1) is 19.5. The van der Waals surface area contributed by atoms with E-state index in [1.165, 1.54) is 4.90 Å². The molecule has 2 N–H and O–H groups in total. The molecular weight excluding hydrogens is 363 g/mol. The summed E-state index contributed by atoms with van der Waals surface area (Å²) in [4.78, 5) is 23.9. The zero-order valence-corrected chi connectivity index (χ0v) is 13.8. The topological polar surface area (TPSA) is 89.5 Å². The first-order valence-electron chi connectivity index (χ1n) is 7.58. The Kier molecular flexibility index (Phi) is 5.29. The molecule has 3 unspecified atom stereocenters. The van der Waals surface area contributed by atoms with E-state index in [2.05, 4.69) is 0 Å². The lowest BCUT2D eigenvalue weighted by Gasteiger charge is -2.19. The van der Waals surface area contributed by atoms with Crippen LogP contribution in [0.3, 0.4) is 0 Å². The van der Waals surface area contributed by atoms with Gasteiger partial charge in [0.2, 0.25) is 0 Å². The SMILES string of the molecule is Cl.NC1CCC2CN(C(=O)c3cc([N+](=O)[O-])cc(C(F)(F)F)c3)CC12. The lowest BCUT2D eigenvalue weighted by atomic mass is 9.98. The van der Waals surface area contributed by atoms with Gasteiger partial charge in [-0.25, -0.2) is 0 Å². The number of nitrogens with zero attached hydrogens (tertiary/aromatic N) is 2. The quantitative estimate of drug-likeness (QED) is 0.632. The smallest absolute Gasteiger partial charge is 0.338 e. The van der Waals surface area contributed by atoms with Crippen molar-refractivity contribution in [3.63, 3.8) is 0 Å². The Labute approximate surface area is 147 Å². The molecule has 1 aromatic rings. The van der Waals surface area contributed by atoms with Gasteiger partial charge in [-0.05, 0) is 30.7 Å². The third-order valence-corrected chi connectivity index (χ3v) is 4.90. The molecule has 1 amide bonds. The Morgan fingerprint density at radius 1 is 1.24 bits per heavy atom. The van der Waals surface area contributed by atoms with Gasteiger partial charge in [0.15, 0.2) is 0 Å². The van der Waals surface area contributed by atoms with Gasteiger partial charge in [-0.2, -0.15) is 13.2 Å². The number of alkyl halides is 3. The van der Waals surface area contributed by atoms with Crippen molar-refractivity contribution < 1.29 is 22.9 Å². The Balaban J connectivity index is 0.00000225. The van der Waals surface area contributed by atoms with Crippen molar-refractivity contribution in [2.45, 2.75) is 25.1 Å². The second-order valence-electron chi connectivity index (χ2n) is 6.40. The van der Waals surface area contributed by atoms with Crippen LogP contribution >= 0.6 is 12.4 Å². The van der Waals surface area contributed by atoms with Gasteiger partial charge in [0.25, 0.3) is 11.6 Å². The van der Waals surface area contributed by atoms with Crippen molar-refractivity contribution in [2.75, 3.05) is 13.1 Å². The van der Waals surface area contributed by atoms with E-state index in [0.29, 0.717) is 25.2 Å². The van der Waals surface area contributed by atoms with Crippen molar-refractivity contribution in [2.24, 2.45) is 17.6 Å². The van der Waals surface area contributed by atoms with Crippen LogP contribution in [-0.2, 0) is 6.18 Å². The van der Waals surface area contributed by atoms with E-state index in [0.717, 1.165) is 18.9 Å². The van der Waals surface area contributed by atoms with Crippen LogP contribution in [0, 0.1) is 22.0 Å². The number of rotatable bonds is 2. The van der Waals surface area contributed by atoms with Gasteiger partial charge in [-0.3, -0.25) is 14.9 Å². The minimum Gasteiger partial charge on any atom is -0.338 e. The number of fused-ring (bicyclic) bond motifs is 1. The van der Waals surface area contributed by atoms with Crippen molar-refractivity contribution in [1.82, 2.24) is 4.90 Å². The molecule has 1 aliphatic carbocycles. The molecule has 1 saturated carbocycles. The van der Waals surface area contributed by atoms with Gasteiger partial charge in [0, 0.05) is 36.8 Å². The molecule has 2 fully saturated rings. The highest BCUT2D eigenvalue weighted by Gasteiger charge is 2.43.